The Morgan fingerprint density at radius 3 is 2.44 bits per heavy atom. The van der Waals surface area contributed by atoms with E-state index in [2.05, 4.69) is 5.48 Å². The molecule has 0 amide bonds. The van der Waals surface area contributed by atoms with Gasteiger partial charge in [0.25, 0.3) is 0 Å². The first-order chi connectivity index (χ1) is 17.6. The molecule has 7 heteroatoms. The summed E-state index contributed by atoms with van der Waals surface area (Å²) in [6, 6.07) is 22.4. The lowest BCUT2D eigenvalue weighted by atomic mass is 10.1. The van der Waals surface area contributed by atoms with Crippen molar-refractivity contribution in [2.45, 2.75) is 45.1 Å². The van der Waals surface area contributed by atoms with E-state index in [1.165, 1.54) is 6.26 Å². The molecule has 3 aromatic rings. The van der Waals surface area contributed by atoms with Crippen molar-refractivity contribution in [1.82, 2.24) is 5.48 Å². The molecule has 1 aliphatic carbocycles. The average Bonchev–Trinajstić information content (AvgIpc) is 3.37. The van der Waals surface area contributed by atoms with E-state index in [1.807, 2.05) is 61.5 Å². The Hall–Kier alpha value is -3.97. The summed E-state index contributed by atoms with van der Waals surface area (Å²) in [5, 5.41) is 9.30. The van der Waals surface area contributed by atoms with E-state index in [1.54, 1.807) is 18.2 Å². The normalized spacial score (nSPS) is 13.9. The summed E-state index contributed by atoms with van der Waals surface area (Å²) in [7, 11) is 0. The zero-order chi connectivity index (χ0) is 25.2. The highest BCUT2D eigenvalue weighted by Crippen LogP contribution is 2.30. The van der Waals surface area contributed by atoms with Crippen LogP contribution in [0.5, 0.6) is 23.0 Å². The second-order valence-electron chi connectivity index (χ2n) is 8.53. The molecule has 1 aliphatic rings. The number of carbonyl (C=O) groups is 1. The minimum atomic E-state index is -0.913. The molecule has 3 aromatic carbocycles. The van der Waals surface area contributed by atoms with Crippen molar-refractivity contribution in [2.75, 3.05) is 6.61 Å². The number of carboxylic acids is 1. The highest BCUT2D eigenvalue weighted by atomic mass is 16.6. The van der Waals surface area contributed by atoms with Crippen LogP contribution in [0.25, 0.3) is 5.70 Å². The SMILES string of the molecule is CCONC(=COc1cc(CC(=O)O)cc(OC2CCCC2)c1)c1cccc(Oc2ccccc2)c1. The molecule has 2 N–H and O–H groups in total. The van der Waals surface area contributed by atoms with Gasteiger partial charge in [0.15, 0.2) is 0 Å². The largest absolute Gasteiger partial charge is 0.490 e. The van der Waals surface area contributed by atoms with Gasteiger partial charge in [-0.3, -0.25) is 15.1 Å². The number of para-hydroxylation sites is 1. The van der Waals surface area contributed by atoms with Crippen molar-refractivity contribution >= 4 is 11.7 Å². The Bertz CT molecular complexity index is 1170. The Kier molecular flexibility index (Phi) is 8.83. The van der Waals surface area contributed by atoms with Gasteiger partial charge in [-0.25, -0.2) is 0 Å². The second kappa shape index (κ2) is 12.7. The molecule has 1 saturated carbocycles. The molecule has 0 bridgehead atoms. The van der Waals surface area contributed by atoms with Gasteiger partial charge in [-0.1, -0.05) is 30.3 Å². The summed E-state index contributed by atoms with van der Waals surface area (Å²) in [6.07, 6.45) is 5.86. The molecule has 0 aliphatic heterocycles. The summed E-state index contributed by atoms with van der Waals surface area (Å²) in [5.74, 6) is 1.58. The van der Waals surface area contributed by atoms with E-state index >= 15 is 0 Å². The number of nitrogens with one attached hydrogen (secondary N) is 1. The van der Waals surface area contributed by atoms with Crippen molar-refractivity contribution in [1.29, 1.82) is 0 Å². The molecule has 0 heterocycles. The van der Waals surface area contributed by atoms with Gasteiger partial charge >= 0.3 is 5.97 Å². The molecular weight excluding hydrogens is 458 g/mol. The summed E-state index contributed by atoms with van der Waals surface area (Å²) in [5.41, 5.74) is 4.91. The fraction of sp³-hybridized carbons (Fsp3) is 0.276. The van der Waals surface area contributed by atoms with Crippen LogP contribution in [0.3, 0.4) is 0 Å². The molecule has 0 radical (unpaired) electrons. The monoisotopic (exact) mass is 489 g/mol. The molecule has 0 spiro atoms. The van der Waals surface area contributed by atoms with Crippen LogP contribution in [-0.4, -0.2) is 23.8 Å². The van der Waals surface area contributed by atoms with Gasteiger partial charge in [-0.05, 0) is 74.6 Å². The molecule has 0 atom stereocenters. The van der Waals surface area contributed by atoms with Gasteiger partial charge < -0.3 is 19.3 Å². The number of aliphatic carboxylic acids is 1. The topological polar surface area (TPSA) is 86.3 Å². The van der Waals surface area contributed by atoms with Gasteiger partial charge in [0.2, 0.25) is 0 Å². The highest BCUT2D eigenvalue weighted by molar-refractivity contribution is 5.70. The lowest BCUT2D eigenvalue weighted by Crippen LogP contribution is -2.14. The van der Waals surface area contributed by atoms with Crippen molar-refractivity contribution in [3.05, 3.63) is 90.2 Å². The fourth-order valence-corrected chi connectivity index (χ4v) is 4.02. The number of benzene rings is 3. The molecule has 0 aromatic heterocycles. The van der Waals surface area contributed by atoms with E-state index in [0.29, 0.717) is 35.1 Å². The number of rotatable bonds is 12. The Labute approximate surface area is 211 Å². The third-order valence-corrected chi connectivity index (χ3v) is 5.66. The highest BCUT2D eigenvalue weighted by Gasteiger charge is 2.17. The average molecular weight is 490 g/mol. The quantitative estimate of drug-likeness (QED) is 0.227. The molecule has 0 saturated heterocycles. The molecule has 188 valence electrons. The number of hydroxylamine groups is 1. The van der Waals surface area contributed by atoms with Crippen molar-refractivity contribution in [3.8, 4) is 23.0 Å². The minimum absolute atomic E-state index is 0.120. The molecule has 1 fully saturated rings. The van der Waals surface area contributed by atoms with E-state index in [4.69, 9.17) is 19.0 Å². The van der Waals surface area contributed by atoms with Crippen LogP contribution in [0.4, 0.5) is 0 Å². The fourth-order valence-electron chi connectivity index (χ4n) is 4.02. The Morgan fingerprint density at radius 2 is 1.69 bits per heavy atom. The lowest BCUT2D eigenvalue weighted by Gasteiger charge is -2.16. The standard InChI is InChI=1S/C29H31NO6/c1-2-34-30-28(22-9-8-14-25(18-22)35-23-10-4-3-5-11-23)20-33-26-15-21(17-29(31)32)16-27(19-26)36-24-12-6-7-13-24/h3-5,8-11,14-16,18-20,24,30H,2,6-7,12-13,17H2,1H3,(H,31,32). The summed E-state index contributed by atoms with van der Waals surface area (Å²) in [6.45, 7) is 2.33. The van der Waals surface area contributed by atoms with Crippen LogP contribution in [0.1, 0.15) is 43.7 Å². The van der Waals surface area contributed by atoms with Crippen molar-refractivity contribution in [3.63, 3.8) is 0 Å². The van der Waals surface area contributed by atoms with E-state index in [0.717, 1.165) is 37.0 Å². The zero-order valence-corrected chi connectivity index (χ0v) is 20.3. The van der Waals surface area contributed by atoms with Gasteiger partial charge in [0, 0.05) is 11.6 Å². The van der Waals surface area contributed by atoms with Crippen molar-refractivity contribution in [2.24, 2.45) is 0 Å². The third kappa shape index (κ3) is 7.52. The van der Waals surface area contributed by atoms with Gasteiger partial charge in [0.1, 0.15) is 35.0 Å². The maximum Gasteiger partial charge on any atom is 0.307 e. The summed E-state index contributed by atoms with van der Waals surface area (Å²) < 4.78 is 18.1. The van der Waals surface area contributed by atoms with Gasteiger partial charge in [-0.2, -0.15) is 0 Å². The first-order valence-electron chi connectivity index (χ1n) is 12.2. The van der Waals surface area contributed by atoms with Crippen LogP contribution in [-0.2, 0) is 16.1 Å². The summed E-state index contributed by atoms with van der Waals surface area (Å²) >= 11 is 0. The van der Waals surface area contributed by atoms with Crippen molar-refractivity contribution < 1.29 is 28.9 Å². The third-order valence-electron chi connectivity index (χ3n) is 5.66. The molecule has 0 unspecified atom stereocenters. The van der Waals surface area contributed by atoms with Crippen LogP contribution < -0.4 is 19.7 Å². The predicted octanol–water partition coefficient (Wildman–Crippen LogP) is 6.35. The lowest BCUT2D eigenvalue weighted by molar-refractivity contribution is -0.136. The first kappa shape index (κ1) is 25.1. The maximum absolute atomic E-state index is 11.3. The summed E-state index contributed by atoms with van der Waals surface area (Å²) in [4.78, 5) is 16.8. The first-order valence-corrected chi connectivity index (χ1v) is 12.2. The van der Waals surface area contributed by atoms with Crippen LogP contribution in [0.2, 0.25) is 0 Å². The van der Waals surface area contributed by atoms with Gasteiger partial charge in [0.05, 0.1) is 19.1 Å². The Morgan fingerprint density at radius 1 is 0.944 bits per heavy atom. The Balaban J connectivity index is 1.57. The molecule has 7 nitrogen and oxygen atoms in total. The molecule has 36 heavy (non-hydrogen) atoms. The van der Waals surface area contributed by atoms with E-state index in [-0.39, 0.29) is 12.5 Å². The maximum atomic E-state index is 11.3. The molecular formula is C29H31NO6. The number of hydrogen-bond donors (Lipinski definition) is 2. The number of hydrogen-bond acceptors (Lipinski definition) is 6. The predicted molar refractivity (Wildman–Crippen MR) is 137 cm³/mol. The molecule has 4 rings (SSSR count). The van der Waals surface area contributed by atoms with Crippen LogP contribution in [0.15, 0.2) is 79.1 Å². The van der Waals surface area contributed by atoms with E-state index < -0.39 is 5.97 Å². The number of carboxylic acid groups (broad SMARTS) is 1. The smallest absolute Gasteiger partial charge is 0.307 e. The second-order valence-corrected chi connectivity index (χ2v) is 8.53. The van der Waals surface area contributed by atoms with Gasteiger partial charge in [-0.15, -0.1) is 0 Å². The zero-order valence-electron chi connectivity index (χ0n) is 20.3. The van der Waals surface area contributed by atoms with Crippen LogP contribution >= 0.6 is 0 Å². The minimum Gasteiger partial charge on any atom is -0.490 e. The number of ether oxygens (including phenoxy) is 3. The van der Waals surface area contributed by atoms with Crippen LogP contribution in [0, 0.1) is 0 Å². The van der Waals surface area contributed by atoms with E-state index in [9.17, 15) is 9.90 Å².